The van der Waals surface area contributed by atoms with E-state index in [4.69, 9.17) is 15.5 Å². The fourth-order valence-electron chi connectivity index (χ4n) is 5.96. The number of thiophene rings is 1. The van der Waals surface area contributed by atoms with Crippen LogP contribution in [0, 0.1) is 5.92 Å². The molecule has 2 fully saturated rings. The minimum absolute atomic E-state index is 0.326. The summed E-state index contributed by atoms with van der Waals surface area (Å²) < 4.78 is 7.43. The Bertz CT molecular complexity index is 1290. The van der Waals surface area contributed by atoms with Crippen molar-refractivity contribution in [3.63, 3.8) is 0 Å². The van der Waals surface area contributed by atoms with Crippen LogP contribution in [0.3, 0.4) is 0 Å². The zero-order valence-electron chi connectivity index (χ0n) is 19.4. The fraction of sp³-hybridized carbons (Fsp3) is 0.462. The van der Waals surface area contributed by atoms with Gasteiger partial charge < -0.3 is 25.0 Å². The van der Waals surface area contributed by atoms with E-state index in [1.165, 1.54) is 56.1 Å². The lowest BCUT2D eigenvalue weighted by atomic mass is 9.95. The summed E-state index contributed by atoms with van der Waals surface area (Å²) in [6, 6.07) is 6.83. The van der Waals surface area contributed by atoms with Crippen molar-refractivity contribution in [1.82, 2.24) is 9.55 Å². The average molecular weight is 479 g/mol. The zero-order chi connectivity index (χ0) is 23.4. The molecule has 3 heterocycles. The molecule has 2 aliphatic carbocycles. The van der Waals surface area contributed by atoms with Crippen LogP contribution >= 0.6 is 11.3 Å². The van der Waals surface area contributed by atoms with E-state index in [1.807, 2.05) is 12.4 Å². The number of rotatable bonds is 4. The molecule has 2 aromatic heterocycles. The van der Waals surface area contributed by atoms with Gasteiger partial charge in [-0.3, -0.25) is 0 Å². The van der Waals surface area contributed by atoms with Gasteiger partial charge in [0.2, 0.25) is 0 Å². The van der Waals surface area contributed by atoms with Gasteiger partial charge in [0, 0.05) is 25.0 Å². The summed E-state index contributed by atoms with van der Waals surface area (Å²) in [6.45, 7) is 1.48. The second kappa shape index (κ2) is 8.43. The SMILES string of the molecule is COC(=O)c1c(N2CC3=C[C@@H](O)C[C@@H]3C2)sc(-c2ccc3c(c2)ncn3C2CCCCC2)c1N. The van der Waals surface area contributed by atoms with Crippen LogP contribution in [0.5, 0.6) is 0 Å². The number of aliphatic hydroxyl groups excluding tert-OH is 1. The molecule has 8 heteroatoms. The lowest BCUT2D eigenvalue weighted by Gasteiger charge is -2.23. The van der Waals surface area contributed by atoms with Crippen LogP contribution in [0.15, 0.2) is 36.2 Å². The molecule has 6 rings (SSSR count). The van der Waals surface area contributed by atoms with Crippen molar-refractivity contribution in [1.29, 1.82) is 0 Å². The number of hydrogen-bond donors (Lipinski definition) is 2. The molecule has 7 nitrogen and oxygen atoms in total. The number of esters is 1. The number of nitrogens with two attached hydrogens (primary N) is 1. The Balaban J connectivity index is 1.38. The number of methoxy groups -OCH3 is 1. The smallest absolute Gasteiger partial charge is 0.343 e. The molecule has 2 atom stereocenters. The molecule has 1 aromatic carbocycles. The van der Waals surface area contributed by atoms with Crippen LogP contribution in [0.1, 0.15) is 54.9 Å². The maximum absolute atomic E-state index is 12.8. The number of nitrogens with zero attached hydrogens (tertiary/aromatic N) is 3. The lowest BCUT2D eigenvalue weighted by molar-refractivity contribution is 0.0603. The van der Waals surface area contributed by atoms with Gasteiger partial charge in [0.15, 0.2) is 0 Å². The van der Waals surface area contributed by atoms with E-state index in [9.17, 15) is 9.90 Å². The number of aliphatic hydroxyl groups is 1. The average Bonchev–Trinajstić information content (AvgIpc) is 3.59. The number of benzene rings is 1. The maximum atomic E-state index is 12.8. The van der Waals surface area contributed by atoms with Gasteiger partial charge in [-0.05, 0) is 42.5 Å². The molecule has 1 aliphatic heterocycles. The molecular weight excluding hydrogens is 448 g/mol. The number of ether oxygens (including phenoxy) is 1. The van der Waals surface area contributed by atoms with Gasteiger partial charge in [-0.2, -0.15) is 0 Å². The van der Waals surface area contributed by atoms with Crippen LogP contribution in [0.25, 0.3) is 21.5 Å². The van der Waals surface area contributed by atoms with E-state index in [-0.39, 0.29) is 6.10 Å². The molecule has 3 aromatic rings. The van der Waals surface area contributed by atoms with Crippen molar-refractivity contribution in [2.75, 3.05) is 30.8 Å². The monoisotopic (exact) mass is 478 g/mol. The molecule has 1 saturated heterocycles. The number of imidazole rings is 1. The Morgan fingerprint density at radius 2 is 2.09 bits per heavy atom. The summed E-state index contributed by atoms with van der Waals surface area (Å²) in [7, 11) is 1.39. The van der Waals surface area contributed by atoms with E-state index in [0.29, 0.717) is 29.8 Å². The first-order valence-corrected chi connectivity index (χ1v) is 13.0. The highest BCUT2D eigenvalue weighted by Gasteiger charge is 2.37. The largest absolute Gasteiger partial charge is 0.465 e. The minimum Gasteiger partial charge on any atom is -0.465 e. The molecule has 1 saturated carbocycles. The molecule has 0 amide bonds. The highest BCUT2D eigenvalue weighted by atomic mass is 32.1. The van der Waals surface area contributed by atoms with E-state index in [1.54, 1.807) is 0 Å². The number of nitrogen functional groups attached to an aromatic ring is 1. The van der Waals surface area contributed by atoms with Crippen molar-refractivity contribution in [3.05, 3.63) is 41.7 Å². The quantitative estimate of drug-likeness (QED) is 0.415. The molecule has 178 valence electrons. The molecule has 0 radical (unpaired) electrons. The Hall–Kier alpha value is -2.84. The Labute approximate surface area is 202 Å². The zero-order valence-corrected chi connectivity index (χ0v) is 20.2. The lowest BCUT2D eigenvalue weighted by Crippen LogP contribution is -2.22. The van der Waals surface area contributed by atoms with Crippen LogP contribution < -0.4 is 10.6 Å². The minimum atomic E-state index is -0.413. The summed E-state index contributed by atoms with van der Waals surface area (Å²) in [6.07, 6.45) is 10.6. The Morgan fingerprint density at radius 1 is 1.26 bits per heavy atom. The maximum Gasteiger partial charge on any atom is 0.343 e. The molecule has 0 unspecified atom stereocenters. The van der Waals surface area contributed by atoms with Gasteiger partial charge >= 0.3 is 5.97 Å². The van der Waals surface area contributed by atoms with Crippen molar-refractivity contribution < 1.29 is 14.6 Å². The normalized spacial score (nSPS) is 22.9. The van der Waals surface area contributed by atoms with E-state index in [2.05, 4.69) is 27.7 Å². The van der Waals surface area contributed by atoms with Gasteiger partial charge in [-0.25, -0.2) is 9.78 Å². The molecule has 3 aliphatic rings. The third kappa shape index (κ3) is 3.51. The second-order valence-corrected chi connectivity index (χ2v) is 10.8. The third-order valence-electron chi connectivity index (χ3n) is 7.68. The molecule has 0 bridgehead atoms. The van der Waals surface area contributed by atoms with Gasteiger partial charge in [-0.15, -0.1) is 11.3 Å². The molecular formula is C26H30N4O3S. The first-order valence-electron chi connectivity index (χ1n) is 12.1. The number of carbonyl (C=O) groups excluding carboxylic acids is 1. The number of fused-ring (bicyclic) bond motifs is 2. The molecule has 3 N–H and O–H groups in total. The summed E-state index contributed by atoms with van der Waals surface area (Å²) in [5.74, 6) is -0.0869. The van der Waals surface area contributed by atoms with Gasteiger partial charge in [0.1, 0.15) is 10.6 Å². The van der Waals surface area contributed by atoms with Crippen LogP contribution in [-0.4, -0.2) is 46.9 Å². The third-order valence-corrected chi connectivity index (χ3v) is 8.99. The van der Waals surface area contributed by atoms with Crippen LogP contribution in [-0.2, 0) is 4.74 Å². The number of aromatic nitrogens is 2. The van der Waals surface area contributed by atoms with Gasteiger partial charge in [0.25, 0.3) is 0 Å². The van der Waals surface area contributed by atoms with Crippen molar-refractivity contribution in [3.8, 4) is 10.4 Å². The van der Waals surface area contributed by atoms with Crippen LogP contribution in [0.4, 0.5) is 10.7 Å². The summed E-state index contributed by atoms with van der Waals surface area (Å²) in [5, 5.41) is 10.8. The van der Waals surface area contributed by atoms with E-state index in [0.717, 1.165) is 39.4 Å². The number of anilines is 2. The first-order chi connectivity index (χ1) is 16.5. The van der Waals surface area contributed by atoms with Crippen LogP contribution in [0.2, 0.25) is 0 Å². The summed E-state index contributed by atoms with van der Waals surface area (Å²) in [5.41, 5.74) is 11.8. The molecule has 0 spiro atoms. The standard InChI is InChI=1S/C26H30N4O3S/c1-33-26(32)22-23(27)24(34-25(22)29-12-16-9-19(31)10-17(16)13-29)15-7-8-21-20(11-15)28-14-30(21)18-5-3-2-4-6-18/h7-9,11,14,17-19,31H,2-6,10,12-13,27H2,1H3/t17-,19-/m1/s1. The van der Waals surface area contributed by atoms with Crippen molar-refractivity contribution in [2.45, 2.75) is 50.7 Å². The van der Waals surface area contributed by atoms with Gasteiger partial charge in [0.05, 0.1) is 41.1 Å². The van der Waals surface area contributed by atoms with Crippen molar-refractivity contribution >= 4 is 39.0 Å². The Morgan fingerprint density at radius 3 is 2.85 bits per heavy atom. The predicted molar refractivity (Wildman–Crippen MR) is 135 cm³/mol. The van der Waals surface area contributed by atoms with E-state index >= 15 is 0 Å². The number of carbonyl (C=O) groups is 1. The topological polar surface area (TPSA) is 93.6 Å². The first kappa shape index (κ1) is 21.7. The van der Waals surface area contributed by atoms with E-state index < -0.39 is 5.97 Å². The fourth-order valence-corrected chi connectivity index (χ4v) is 7.18. The predicted octanol–water partition coefficient (Wildman–Crippen LogP) is 4.77. The molecule has 34 heavy (non-hydrogen) atoms. The van der Waals surface area contributed by atoms with Crippen molar-refractivity contribution in [2.24, 2.45) is 5.92 Å². The number of hydrogen-bond acceptors (Lipinski definition) is 7. The summed E-state index contributed by atoms with van der Waals surface area (Å²) >= 11 is 1.54. The summed E-state index contributed by atoms with van der Waals surface area (Å²) in [4.78, 5) is 20.5. The van der Waals surface area contributed by atoms with Gasteiger partial charge in [-0.1, -0.05) is 31.4 Å². The highest BCUT2D eigenvalue weighted by Crippen LogP contribution is 2.48. The highest BCUT2D eigenvalue weighted by molar-refractivity contribution is 7.20. The Kier molecular flexibility index (Phi) is 5.37. The second-order valence-electron chi connectivity index (χ2n) is 9.79.